The van der Waals surface area contributed by atoms with Crippen molar-refractivity contribution < 1.29 is 9.53 Å². The van der Waals surface area contributed by atoms with E-state index in [0.717, 1.165) is 16.3 Å². The predicted octanol–water partition coefficient (Wildman–Crippen LogP) is 3.06. The van der Waals surface area contributed by atoms with Crippen LogP contribution in [0.1, 0.15) is 6.92 Å². The van der Waals surface area contributed by atoms with Crippen LogP contribution in [0.2, 0.25) is 0 Å². The second-order valence-electron chi connectivity index (χ2n) is 5.00. The first-order chi connectivity index (χ1) is 10.2. The van der Waals surface area contributed by atoms with Gasteiger partial charge in [-0.3, -0.25) is 5.32 Å². The highest BCUT2D eigenvalue weighted by Gasteiger charge is 2.21. The van der Waals surface area contributed by atoms with Gasteiger partial charge in [-0.2, -0.15) is 4.37 Å². The molecule has 2 heterocycles. The molecule has 21 heavy (non-hydrogen) atoms. The van der Waals surface area contributed by atoms with E-state index in [4.69, 9.17) is 4.74 Å². The lowest BCUT2D eigenvalue weighted by Crippen LogP contribution is -2.46. The van der Waals surface area contributed by atoms with Gasteiger partial charge in [-0.1, -0.05) is 30.3 Å². The van der Waals surface area contributed by atoms with Crippen molar-refractivity contribution in [3.63, 3.8) is 0 Å². The number of ether oxygens (including phenoxy) is 1. The van der Waals surface area contributed by atoms with Crippen LogP contribution in [0.25, 0.3) is 11.3 Å². The summed E-state index contributed by atoms with van der Waals surface area (Å²) in [7, 11) is 0. The fourth-order valence-corrected chi connectivity index (χ4v) is 2.92. The van der Waals surface area contributed by atoms with Gasteiger partial charge in [-0.05, 0) is 18.5 Å². The van der Waals surface area contributed by atoms with E-state index in [-0.39, 0.29) is 12.1 Å². The first-order valence-corrected chi connectivity index (χ1v) is 7.69. The van der Waals surface area contributed by atoms with Gasteiger partial charge in [0.1, 0.15) is 5.00 Å². The van der Waals surface area contributed by atoms with Crippen LogP contribution in [-0.4, -0.2) is 41.1 Å². The van der Waals surface area contributed by atoms with Gasteiger partial charge in [0.15, 0.2) is 0 Å². The highest BCUT2D eigenvalue weighted by molar-refractivity contribution is 7.10. The zero-order chi connectivity index (χ0) is 14.7. The van der Waals surface area contributed by atoms with Crippen molar-refractivity contribution in [3.05, 3.63) is 36.4 Å². The molecule has 110 valence electrons. The van der Waals surface area contributed by atoms with Crippen LogP contribution in [0.3, 0.4) is 0 Å². The molecule has 2 aromatic rings. The molecule has 1 atom stereocenters. The monoisotopic (exact) mass is 303 g/mol. The molecule has 6 heteroatoms. The summed E-state index contributed by atoms with van der Waals surface area (Å²) in [5.41, 5.74) is 1.93. The average Bonchev–Trinajstić information content (AvgIpc) is 2.97. The standard InChI is InChI=1S/C15H17N3O2S/c1-11-10-18(7-8-20-11)15(19)16-14-9-13(17-21-14)12-5-3-2-4-6-12/h2-6,9,11H,7-8,10H2,1H3,(H,16,19)/t11-/m1/s1. The van der Waals surface area contributed by atoms with Gasteiger partial charge < -0.3 is 9.64 Å². The maximum atomic E-state index is 12.2. The number of nitrogens with zero attached hydrogens (tertiary/aromatic N) is 2. The molecule has 1 saturated heterocycles. The predicted molar refractivity (Wildman–Crippen MR) is 83.6 cm³/mol. The van der Waals surface area contributed by atoms with Gasteiger partial charge >= 0.3 is 6.03 Å². The molecular weight excluding hydrogens is 286 g/mol. The van der Waals surface area contributed by atoms with E-state index in [9.17, 15) is 4.79 Å². The van der Waals surface area contributed by atoms with Crippen LogP contribution in [0, 0.1) is 0 Å². The lowest BCUT2D eigenvalue weighted by atomic mass is 10.2. The van der Waals surface area contributed by atoms with Crippen molar-refractivity contribution in [1.82, 2.24) is 9.27 Å². The molecule has 0 bridgehead atoms. The number of hydrogen-bond donors (Lipinski definition) is 1. The second-order valence-corrected chi connectivity index (χ2v) is 5.80. The molecule has 1 N–H and O–H groups in total. The molecule has 0 unspecified atom stereocenters. The van der Waals surface area contributed by atoms with E-state index in [1.54, 1.807) is 4.90 Å². The maximum absolute atomic E-state index is 12.2. The molecule has 1 aliphatic heterocycles. The van der Waals surface area contributed by atoms with Crippen LogP contribution in [0.5, 0.6) is 0 Å². The Balaban J connectivity index is 1.66. The molecule has 0 radical (unpaired) electrons. The lowest BCUT2D eigenvalue weighted by Gasteiger charge is -2.30. The molecule has 5 nitrogen and oxygen atoms in total. The van der Waals surface area contributed by atoms with Crippen LogP contribution >= 0.6 is 11.5 Å². The molecule has 0 aliphatic carbocycles. The molecule has 0 saturated carbocycles. The number of benzene rings is 1. The number of carbonyl (C=O) groups is 1. The normalized spacial score (nSPS) is 18.5. The molecular formula is C15H17N3O2S. The van der Waals surface area contributed by atoms with E-state index in [1.165, 1.54) is 11.5 Å². The summed E-state index contributed by atoms with van der Waals surface area (Å²) < 4.78 is 9.82. The minimum Gasteiger partial charge on any atom is -0.375 e. The molecule has 1 aromatic carbocycles. The molecule has 1 aliphatic rings. The molecule has 3 rings (SSSR count). The summed E-state index contributed by atoms with van der Waals surface area (Å²) in [6, 6.07) is 11.7. The van der Waals surface area contributed by atoms with Gasteiger partial charge in [0.25, 0.3) is 0 Å². The Morgan fingerprint density at radius 2 is 2.24 bits per heavy atom. The van der Waals surface area contributed by atoms with E-state index in [1.807, 2.05) is 43.3 Å². The number of anilines is 1. The van der Waals surface area contributed by atoms with Crippen molar-refractivity contribution in [1.29, 1.82) is 0 Å². The molecule has 2 amide bonds. The zero-order valence-electron chi connectivity index (χ0n) is 11.8. The Labute approximate surface area is 127 Å². The SMILES string of the molecule is C[C@@H]1CN(C(=O)Nc2cc(-c3ccccc3)ns2)CCO1. The van der Waals surface area contributed by atoms with E-state index < -0.39 is 0 Å². The Morgan fingerprint density at radius 1 is 1.43 bits per heavy atom. The fourth-order valence-electron chi connectivity index (χ4n) is 2.27. The number of amides is 2. The molecule has 1 fully saturated rings. The third-order valence-corrected chi connectivity index (χ3v) is 4.04. The molecule has 0 spiro atoms. The fraction of sp³-hybridized carbons (Fsp3) is 0.333. The first kappa shape index (κ1) is 14.0. The minimum atomic E-state index is -0.0894. The van der Waals surface area contributed by atoms with Gasteiger partial charge in [0.05, 0.1) is 18.4 Å². The van der Waals surface area contributed by atoms with Crippen LogP contribution in [-0.2, 0) is 4.74 Å². The van der Waals surface area contributed by atoms with Crippen molar-refractivity contribution >= 4 is 22.6 Å². The Kier molecular flexibility index (Phi) is 4.17. The van der Waals surface area contributed by atoms with E-state index in [0.29, 0.717) is 19.7 Å². The topological polar surface area (TPSA) is 54.5 Å². The Bertz CT molecular complexity index is 614. The summed E-state index contributed by atoms with van der Waals surface area (Å²) in [5, 5.41) is 3.67. The summed E-state index contributed by atoms with van der Waals surface area (Å²) in [6.07, 6.45) is 0.0887. The number of aromatic nitrogens is 1. The highest BCUT2D eigenvalue weighted by Crippen LogP contribution is 2.25. The molecule has 1 aromatic heterocycles. The van der Waals surface area contributed by atoms with E-state index >= 15 is 0 Å². The number of carbonyl (C=O) groups excluding carboxylic acids is 1. The van der Waals surface area contributed by atoms with Gasteiger partial charge in [-0.15, -0.1) is 0 Å². The number of nitrogens with one attached hydrogen (secondary N) is 1. The summed E-state index contributed by atoms with van der Waals surface area (Å²) in [6.45, 7) is 3.81. The summed E-state index contributed by atoms with van der Waals surface area (Å²) >= 11 is 1.30. The third kappa shape index (κ3) is 3.40. The van der Waals surface area contributed by atoms with Crippen molar-refractivity contribution in [2.45, 2.75) is 13.0 Å². The van der Waals surface area contributed by atoms with Gasteiger partial charge in [0.2, 0.25) is 0 Å². The highest BCUT2D eigenvalue weighted by atomic mass is 32.1. The number of urea groups is 1. The Morgan fingerprint density at radius 3 is 3.00 bits per heavy atom. The minimum absolute atomic E-state index is 0.0887. The lowest BCUT2D eigenvalue weighted by molar-refractivity contribution is -0.00137. The smallest absolute Gasteiger partial charge is 0.322 e. The van der Waals surface area contributed by atoms with Crippen molar-refractivity contribution in [3.8, 4) is 11.3 Å². The second kappa shape index (κ2) is 6.24. The van der Waals surface area contributed by atoms with Crippen LogP contribution in [0.15, 0.2) is 36.4 Å². The van der Waals surface area contributed by atoms with E-state index in [2.05, 4.69) is 9.69 Å². The van der Waals surface area contributed by atoms with Crippen molar-refractivity contribution in [2.24, 2.45) is 0 Å². The largest absolute Gasteiger partial charge is 0.375 e. The van der Waals surface area contributed by atoms with Crippen molar-refractivity contribution in [2.75, 3.05) is 25.0 Å². The number of rotatable bonds is 2. The Hall–Kier alpha value is -1.92. The van der Waals surface area contributed by atoms with Gasteiger partial charge in [0, 0.05) is 24.7 Å². The summed E-state index contributed by atoms with van der Waals surface area (Å²) in [5.74, 6) is 0. The zero-order valence-corrected chi connectivity index (χ0v) is 12.6. The summed E-state index contributed by atoms with van der Waals surface area (Å²) in [4.78, 5) is 14.0. The van der Waals surface area contributed by atoms with Crippen LogP contribution < -0.4 is 5.32 Å². The third-order valence-electron chi connectivity index (χ3n) is 3.34. The van der Waals surface area contributed by atoms with Crippen LogP contribution in [0.4, 0.5) is 9.80 Å². The quantitative estimate of drug-likeness (QED) is 0.927. The number of morpholine rings is 1. The maximum Gasteiger partial charge on any atom is 0.322 e. The number of hydrogen-bond acceptors (Lipinski definition) is 4. The average molecular weight is 303 g/mol. The first-order valence-electron chi connectivity index (χ1n) is 6.92. The van der Waals surface area contributed by atoms with Gasteiger partial charge in [-0.25, -0.2) is 4.79 Å².